The summed E-state index contributed by atoms with van der Waals surface area (Å²) in [6.45, 7) is 5.91. The number of ketones is 1. The number of carbonyl (C=O) groups is 2. The quantitative estimate of drug-likeness (QED) is 0.234. The van der Waals surface area contributed by atoms with Crippen LogP contribution in [0.25, 0.3) is 5.76 Å². The number of aliphatic hydroxyl groups is 1. The van der Waals surface area contributed by atoms with Crippen LogP contribution in [0.1, 0.15) is 44.4 Å². The zero-order valence-electron chi connectivity index (χ0n) is 17.6. The smallest absolute Gasteiger partial charge is 0.295 e. The van der Waals surface area contributed by atoms with Gasteiger partial charge >= 0.3 is 0 Å². The van der Waals surface area contributed by atoms with Crippen LogP contribution in [-0.2, 0) is 9.59 Å². The second-order valence-corrected chi connectivity index (χ2v) is 7.50. The highest BCUT2D eigenvalue weighted by Crippen LogP contribution is 2.43. The van der Waals surface area contributed by atoms with Crippen LogP contribution in [0.2, 0.25) is 0 Å². The van der Waals surface area contributed by atoms with Crippen LogP contribution in [0, 0.1) is 10.1 Å². The fourth-order valence-electron chi connectivity index (χ4n) is 3.66. The molecule has 0 bridgehead atoms. The first-order valence-electron chi connectivity index (χ1n) is 10.0. The van der Waals surface area contributed by atoms with E-state index in [0.29, 0.717) is 24.3 Å². The predicted octanol–water partition coefficient (Wildman–Crippen LogP) is 4.21. The van der Waals surface area contributed by atoms with Crippen molar-refractivity contribution in [2.24, 2.45) is 0 Å². The van der Waals surface area contributed by atoms with E-state index in [1.54, 1.807) is 24.3 Å². The number of carbonyl (C=O) groups excluding carboxylic acids is 2. The number of nitro groups is 1. The molecule has 1 unspecified atom stereocenters. The van der Waals surface area contributed by atoms with Gasteiger partial charge in [0.25, 0.3) is 17.4 Å². The van der Waals surface area contributed by atoms with Crippen molar-refractivity contribution in [1.82, 2.24) is 4.90 Å². The second kappa shape index (κ2) is 8.99. The van der Waals surface area contributed by atoms with Crippen LogP contribution < -0.4 is 4.74 Å². The van der Waals surface area contributed by atoms with Crippen molar-refractivity contribution in [3.8, 4) is 5.75 Å². The van der Waals surface area contributed by atoms with Crippen molar-refractivity contribution < 1.29 is 24.4 Å². The van der Waals surface area contributed by atoms with E-state index in [2.05, 4.69) is 0 Å². The Morgan fingerprint density at radius 2 is 1.90 bits per heavy atom. The third-order valence-corrected chi connectivity index (χ3v) is 4.91. The monoisotopic (exact) mass is 424 g/mol. The number of non-ortho nitro benzene ring substituents is 1. The van der Waals surface area contributed by atoms with Gasteiger partial charge < -0.3 is 14.7 Å². The molecule has 1 aliphatic rings. The molecule has 1 atom stereocenters. The summed E-state index contributed by atoms with van der Waals surface area (Å²) in [5, 5.41) is 22.2. The predicted molar refractivity (Wildman–Crippen MR) is 115 cm³/mol. The van der Waals surface area contributed by atoms with Crippen molar-refractivity contribution in [3.63, 3.8) is 0 Å². The summed E-state index contributed by atoms with van der Waals surface area (Å²) >= 11 is 0. The number of Topliss-reactive ketones (excluding diaryl/α,β-unsaturated/α-hetero) is 1. The lowest BCUT2D eigenvalue weighted by Crippen LogP contribution is -2.30. The Labute approximate surface area is 179 Å². The highest BCUT2D eigenvalue weighted by molar-refractivity contribution is 6.46. The Kier molecular flexibility index (Phi) is 6.39. The Bertz CT molecular complexity index is 1060. The number of para-hydroxylation sites is 1. The topological polar surface area (TPSA) is 110 Å². The lowest BCUT2D eigenvalue weighted by molar-refractivity contribution is -0.384. The molecule has 2 aromatic rings. The largest absolute Gasteiger partial charge is 0.507 e. The Balaban J connectivity index is 2.23. The van der Waals surface area contributed by atoms with Crippen LogP contribution in [0.3, 0.4) is 0 Å². The SMILES string of the molecule is CCCN1C(=O)C(=O)/C(=C(\O)c2cccc([N+](=O)[O-])c2)C1c1ccccc1OC(C)C. The van der Waals surface area contributed by atoms with Gasteiger partial charge in [0.15, 0.2) is 0 Å². The van der Waals surface area contributed by atoms with E-state index in [1.165, 1.54) is 29.2 Å². The lowest BCUT2D eigenvalue weighted by Gasteiger charge is -2.27. The Hall–Kier alpha value is -3.68. The third-order valence-electron chi connectivity index (χ3n) is 4.91. The summed E-state index contributed by atoms with van der Waals surface area (Å²) in [4.78, 5) is 37.7. The summed E-state index contributed by atoms with van der Waals surface area (Å²) in [6.07, 6.45) is 0.458. The summed E-state index contributed by atoms with van der Waals surface area (Å²) < 4.78 is 5.90. The van der Waals surface area contributed by atoms with Gasteiger partial charge in [0.2, 0.25) is 0 Å². The molecule has 1 N–H and O–H groups in total. The maximum Gasteiger partial charge on any atom is 0.295 e. The number of benzene rings is 2. The number of hydrogen-bond donors (Lipinski definition) is 1. The standard InChI is InChI=1S/C23H24N2O6/c1-4-12-24-20(17-10-5-6-11-18(17)31-14(2)3)19(22(27)23(24)28)21(26)15-8-7-9-16(13-15)25(29)30/h5-11,13-14,20,26H,4,12H2,1-3H3/b21-19-. The van der Waals surface area contributed by atoms with E-state index in [1.807, 2.05) is 20.8 Å². The average Bonchev–Trinajstić information content (AvgIpc) is 2.98. The molecule has 1 aliphatic heterocycles. The van der Waals surface area contributed by atoms with E-state index < -0.39 is 28.4 Å². The van der Waals surface area contributed by atoms with E-state index in [4.69, 9.17) is 4.74 Å². The Morgan fingerprint density at radius 1 is 1.19 bits per heavy atom. The van der Waals surface area contributed by atoms with Crippen LogP contribution in [0.5, 0.6) is 5.75 Å². The number of rotatable bonds is 7. The van der Waals surface area contributed by atoms with Gasteiger partial charge in [0, 0.05) is 29.8 Å². The second-order valence-electron chi connectivity index (χ2n) is 7.50. The van der Waals surface area contributed by atoms with Gasteiger partial charge in [-0.3, -0.25) is 19.7 Å². The van der Waals surface area contributed by atoms with Crippen LogP contribution in [0.4, 0.5) is 5.69 Å². The molecule has 0 aromatic heterocycles. The normalized spacial score (nSPS) is 17.9. The molecule has 2 aromatic carbocycles. The van der Waals surface area contributed by atoms with Crippen LogP contribution >= 0.6 is 0 Å². The molecule has 1 saturated heterocycles. The lowest BCUT2D eigenvalue weighted by atomic mass is 9.94. The molecular weight excluding hydrogens is 400 g/mol. The minimum Gasteiger partial charge on any atom is -0.507 e. The van der Waals surface area contributed by atoms with E-state index in [0.717, 1.165) is 0 Å². The summed E-state index contributed by atoms with van der Waals surface area (Å²) in [5.74, 6) is -1.51. The van der Waals surface area contributed by atoms with Crippen molar-refractivity contribution >= 4 is 23.1 Å². The Morgan fingerprint density at radius 3 is 2.55 bits per heavy atom. The summed E-state index contributed by atoms with van der Waals surface area (Å²) in [5.41, 5.74) is 0.317. The molecule has 162 valence electrons. The van der Waals surface area contributed by atoms with Gasteiger partial charge in [-0.1, -0.05) is 37.3 Å². The van der Waals surface area contributed by atoms with Gasteiger partial charge in [-0.15, -0.1) is 0 Å². The molecule has 8 heteroatoms. The fourth-order valence-corrected chi connectivity index (χ4v) is 3.66. The zero-order valence-corrected chi connectivity index (χ0v) is 17.6. The number of likely N-dealkylation sites (tertiary alicyclic amines) is 1. The molecular formula is C23H24N2O6. The van der Waals surface area contributed by atoms with E-state index in [9.17, 15) is 24.8 Å². The maximum atomic E-state index is 13.0. The summed E-state index contributed by atoms with van der Waals surface area (Å²) in [7, 11) is 0. The molecule has 0 radical (unpaired) electrons. The van der Waals surface area contributed by atoms with E-state index >= 15 is 0 Å². The van der Waals surface area contributed by atoms with Crippen molar-refractivity contribution in [3.05, 3.63) is 75.3 Å². The summed E-state index contributed by atoms with van der Waals surface area (Å²) in [6, 6.07) is 11.5. The number of aliphatic hydroxyl groups excluding tert-OH is 1. The molecule has 1 amide bonds. The number of ether oxygens (including phenoxy) is 1. The number of nitrogens with zero attached hydrogens (tertiary/aromatic N) is 2. The fraction of sp³-hybridized carbons (Fsp3) is 0.304. The first-order valence-corrected chi connectivity index (χ1v) is 10.0. The van der Waals surface area contributed by atoms with Gasteiger partial charge in [-0.2, -0.15) is 0 Å². The number of amides is 1. The highest BCUT2D eigenvalue weighted by Gasteiger charge is 2.46. The van der Waals surface area contributed by atoms with Crippen molar-refractivity contribution in [2.75, 3.05) is 6.54 Å². The third kappa shape index (κ3) is 4.28. The average molecular weight is 424 g/mol. The van der Waals surface area contributed by atoms with Crippen LogP contribution in [-0.4, -0.2) is 39.3 Å². The van der Waals surface area contributed by atoms with Gasteiger partial charge in [-0.25, -0.2) is 0 Å². The maximum absolute atomic E-state index is 13.0. The molecule has 1 fully saturated rings. The molecule has 8 nitrogen and oxygen atoms in total. The molecule has 0 aliphatic carbocycles. The molecule has 31 heavy (non-hydrogen) atoms. The minimum atomic E-state index is -0.867. The van der Waals surface area contributed by atoms with E-state index in [-0.39, 0.29) is 22.9 Å². The molecule has 0 spiro atoms. The van der Waals surface area contributed by atoms with Gasteiger partial charge in [-0.05, 0) is 26.3 Å². The molecule has 1 heterocycles. The highest BCUT2D eigenvalue weighted by atomic mass is 16.6. The molecule has 0 saturated carbocycles. The molecule has 3 rings (SSSR count). The minimum absolute atomic E-state index is 0.0935. The first-order chi connectivity index (χ1) is 14.8. The van der Waals surface area contributed by atoms with Gasteiger partial charge in [0.05, 0.1) is 22.6 Å². The van der Waals surface area contributed by atoms with Crippen molar-refractivity contribution in [2.45, 2.75) is 39.3 Å². The van der Waals surface area contributed by atoms with Crippen LogP contribution in [0.15, 0.2) is 54.1 Å². The van der Waals surface area contributed by atoms with Crippen molar-refractivity contribution in [1.29, 1.82) is 0 Å². The first kappa shape index (κ1) is 22.0. The zero-order chi connectivity index (χ0) is 22.7. The van der Waals surface area contributed by atoms with Gasteiger partial charge in [0.1, 0.15) is 11.5 Å². The number of hydrogen-bond acceptors (Lipinski definition) is 6. The number of nitro benzene ring substituents is 1.